The van der Waals surface area contributed by atoms with E-state index < -0.39 is 17.6 Å². The fourth-order valence-electron chi connectivity index (χ4n) is 2.46. The first-order valence-corrected chi connectivity index (χ1v) is 6.82. The second kappa shape index (κ2) is 5.62. The van der Waals surface area contributed by atoms with Gasteiger partial charge in [-0.3, -0.25) is 10.1 Å². The summed E-state index contributed by atoms with van der Waals surface area (Å²) < 4.78 is 0. The Balaban J connectivity index is 2.07. The SMILES string of the molecule is CCC(CC)(NC(=O)C1Cc2nc[nH]c2CN1)C(=O)O. The maximum absolute atomic E-state index is 12.3. The number of imidazole rings is 1. The van der Waals surface area contributed by atoms with Gasteiger partial charge in [0.25, 0.3) is 0 Å². The summed E-state index contributed by atoms with van der Waals surface area (Å²) in [5, 5.41) is 15.1. The topological polar surface area (TPSA) is 107 Å². The lowest BCUT2D eigenvalue weighted by molar-refractivity contribution is -0.148. The molecule has 2 rings (SSSR count). The summed E-state index contributed by atoms with van der Waals surface area (Å²) in [7, 11) is 0. The van der Waals surface area contributed by atoms with Crippen molar-refractivity contribution >= 4 is 11.9 Å². The molecule has 0 saturated carbocycles. The molecule has 0 aromatic carbocycles. The van der Waals surface area contributed by atoms with Crippen molar-refractivity contribution in [2.75, 3.05) is 0 Å². The van der Waals surface area contributed by atoms with E-state index in [0.717, 1.165) is 11.4 Å². The van der Waals surface area contributed by atoms with Crippen molar-refractivity contribution in [3.8, 4) is 0 Å². The fraction of sp³-hybridized carbons (Fsp3) is 0.615. The molecular weight excluding hydrogens is 260 g/mol. The highest BCUT2D eigenvalue weighted by Crippen LogP contribution is 2.17. The van der Waals surface area contributed by atoms with Crippen LogP contribution in [0, 0.1) is 0 Å². The van der Waals surface area contributed by atoms with Crippen LogP contribution in [0.1, 0.15) is 38.1 Å². The minimum absolute atomic E-state index is 0.287. The summed E-state index contributed by atoms with van der Waals surface area (Å²) in [6.45, 7) is 4.06. The molecular formula is C13H20N4O3. The number of carboxylic acids is 1. The molecule has 7 nitrogen and oxygen atoms in total. The molecule has 0 fully saturated rings. The highest BCUT2D eigenvalue weighted by Gasteiger charge is 2.38. The van der Waals surface area contributed by atoms with Gasteiger partial charge in [0.2, 0.25) is 5.91 Å². The van der Waals surface area contributed by atoms with Gasteiger partial charge in [0.1, 0.15) is 5.54 Å². The molecule has 1 atom stereocenters. The van der Waals surface area contributed by atoms with Gasteiger partial charge in [-0.1, -0.05) is 13.8 Å². The first-order valence-electron chi connectivity index (χ1n) is 6.82. The molecule has 4 N–H and O–H groups in total. The highest BCUT2D eigenvalue weighted by molar-refractivity contribution is 5.89. The number of carbonyl (C=O) groups is 2. The number of carboxylic acid groups (broad SMARTS) is 1. The summed E-state index contributed by atoms with van der Waals surface area (Å²) in [4.78, 5) is 30.9. The van der Waals surface area contributed by atoms with E-state index in [-0.39, 0.29) is 5.91 Å². The molecule has 0 radical (unpaired) electrons. The number of carbonyl (C=O) groups excluding carboxylic acids is 1. The number of fused-ring (bicyclic) bond motifs is 1. The van der Waals surface area contributed by atoms with Crippen molar-refractivity contribution < 1.29 is 14.7 Å². The smallest absolute Gasteiger partial charge is 0.329 e. The minimum Gasteiger partial charge on any atom is -0.480 e. The molecule has 0 bridgehead atoms. The number of hydrogen-bond donors (Lipinski definition) is 4. The molecule has 1 aromatic rings. The number of H-pyrrole nitrogens is 1. The summed E-state index contributed by atoms with van der Waals surface area (Å²) in [6, 6.07) is -0.442. The van der Waals surface area contributed by atoms with E-state index in [1.54, 1.807) is 20.2 Å². The number of aromatic amines is 1. The Morgan fingerprint density at radius 1 is 1.50 bits per heavy atom. The van der Waals surface area contributed by atoms with Crippen LogP contribution in [0.4, 0.5) is 0 Å². The maximum atomic E-state index is 12.3. The Bertz CT molecular complexity index is 507. The normalized spacial score (nSPS) is 18.4. The summed E-state index contributed by atoms with van der Waals surface area (Å²) in [6.07, 6.45) is 2.77. The third-order valence-electron chi connectivity index (χ3n) is 4.03. The van der Waals surface area contributed by atoms with Crippen LogP contribution in [0.25, 0.3) is 0 Å². The number of amides is 1. The van der Waals surface area contributed by atoms with Crippen molar-refractivity contribution in [3.63, 3.8) is 0 Å². The van der Waals surface area contributed by atoms with Gasteiger partial charge in [-0.05, 0) is 12.8 Å². The summed E-state index contributed by atoms with van der Waals surface area (Å²) in [5.41, 5.74) is 0.646. The molecule has 1 aromatic heterocycles. The molecule has 110 valence electrons. The Hall–Kier alpha value is -1.89. The Kier molecular flexibility index (Phi) is 4.08. The predicted octanol–water partition coefficient (Wildman–Crippen LogP) is 0.184. The van der Waals surface area contributed by atoms with E-state index in [4.69, 9.17) is 0 Å². The molecule has 20 heavy (non-hydrogen) atoms. The van der Waals surface area contributed by atoms with Gasteiger partial charge >= 0.3 is 5.97 Å². The molecule has 1 aliphatic rings. The van der Waals surface area contributed by atoms with Gasteiger partial charge in [0, 0.05) is 13.0 Å². The van der Waals surface area contributed by atoms with Crippen LogP contribution in [0.15, 0.2) is 6.33 Å². The van der Waals surface area contributed by atoms with E-state index in [1.165, 1.54) is 0 Å². The van der Waals surface area contributed by atoms with Crippen molar-refractivity contribution in [3.05, 3.63) is 17.7 Å². The standard InChI is InChI=1S/C13H20N4O3/c1-3-13(4-2,12(19)20)17-11(18)9-5-8-10(6-14-9)16-7-15-8/h7,9,14H,3-6H2,1-2H3,(H,15,16)(H,17,18)(H,19,20). The van der Waals surface area contributed by atoms with Gasteiger partial charge in [0.05, 0.1) is 23.8 Å². The third-order valence-corrected chi connectivity index (χ3v) is 4.03. The quantitative estimate of drug-likeness (QED) is 0.615. The zero-order valence-corrected chi connectivity index (χ0v) is 11.7. The lowest BCUT2D eigenvalue weighted by Crippen LogP contribution is -2.59. The lowest BCUT2D eigenvalue weighted by Gasteiger charge is -2.31. The predicted molar refractivity (Wildman–Crippen MR) is 72.0 cm³/mol. The maximum Gasteiger partial charge on any atom is 0.329 e. The van der Waals surface area contributed by atoms with Crippen LogP contribution in [-0.2, 0) is 22.6 Å². The number of nitrogens with zero attached hydrogens (tertiary/aromatic N) is 1. The second-order valence-corrected chi connectivity index (χ2v) is 5.05. The first-order chi connectivity index (χ1) is 9.52. The molecule has 0 spiro atoms. The summed E-state index contributed by atoms with van der Waals surface area (Å²) in [5.74, 6) is -1.28. The van der Waals surface area contributed by atoms with Crippen LogP contribution in [0.5, 0.6) is 0 Å². The Labute approximate surface area is 117 Å². The average molecular weight is 280 g/mol. The monoisotopic (exact) mass is 280 g/mol. The minimum atomic E-state index is -1.19. The van der Waals surface area contributed by atoms with Crippen LogP contribution in [0.3, 0.4) is 0 Å². The van der Waals surface area contributed by atoms with Gasteiger partial charge < -0.3 is 15.4 Å². The fourth-order valence-corrected chi connectivity index (χ4v) is 2.46. The van der Waals surface area contributed by atoms with Gasteiger partial charge in [-0.25, -0.2) is 9.78 Å². The Morgan fingerprint density at radius 2 is 2.20 bits per heavy atom. The molecule has 7 heteroatoms. The van der Waals surface area contributed by atoms with Crippen molar-refractivity contribution in [2.45, 2.75) is 51.2 Å². The first kappa shape index (κ1) is 14.5. The van der Waals surface area contributed by atoms with E-state index in [1.807, 2.05) is 0 Å². The van der Waals surface area contributed by atoms with Crippen LogP contribution >= 0.6 is 0 Å². The number of nitrogens with one attached hydrogen (secondary N) is 3. The van der Waals surface area contributed by atoms with E-state index in [9.17, 15) is 14.7 Å². The van der Waals surface area contributed by atoms with Crippen LogP contribution in [0.2, 0.25) is 0 Å². The largest absolute Gasteiger partial charge is 0.480 e. The van der Waals surface area contributed by atoms with Crippen molar-refractivity contribution in [2.24, 2.45) is 0 Å². The van der Waals surface area contributed by atoms with Gasteiger partial charge in [0.15, 0.2) is 0 Å². The second-order valence-electron chi connectivity index (χ2n) is 5.05. The number of rotatable bonds is 5. The highest BCUT2D eigenvalue weighted by atomic mass is 16.4. The molecule has 1 amide bonds. The number of aromatic nitrogens is 2. The molecule has 0 saturated heterocycles. The van der Waals surface area contributed by atoms with Crippen LogP contribution in [-0.4, -0.2) is 38.5 Å². The lowest BCUT2D eigenvalue weighted by atomic mass is 9.92. The van der Waals surface area contributed by atoms with E-state index in [0.29, 0.717) is 25.8 Å². The molecule has 1 unspecified atom stereocenters. The molecule has 1 aliphatic heterocycles. The molecule has 2 heterocycles. The Morgan fingerprint density at radius 3 is 2.80 bits per heavy atom. The number of aliphatic carboxylic acids is 1. The van der Waals surface area contributed by atoms with Gasteiger partial charge in [-0.2, -0.15) is 0 Å². The third kappa shape index (κ3) is 2.53. The zero-order chi connectivity index (χ0) is 14.8. The van der Waals surface area contributed by atoms with Gasteiger partial charge in [-0.15, -0.1) is 0 Å². The van der Waals surface area contributed by atoms with Crippen molar-refractivity contribution in [1.82, 2.24) is 20.6 Å². The van der Waals surface area contributed by atoms with Crippen LogP contribution < -0.4 is 10.6 Å². The molecule has 0 aliphatic carbocycles. The van der Waals surface area contributed by atoms with Crippen molar-refractivity contribution in [1.29, 1.82) is 0 Å². The number of hydrogen-bond acceptors (Lipinski definition) is 4. The van der Waals surface area contributed by atoms with E-state index >= 15 is 0 Å². The van der Waals surface area contributed by atoms with E-state index in [2.05, 4.69) is 20.6 Å². The summed E-state index contributed by atoms with van der Waals surface area (Å²) >= 11 is 0. The average Bonchev–Trinajstić information content (AvgIpc) is 2.91. The zero-order valence-electron chi connectivity index (χ0n) is 11.7.